The molecule has 1 aromatic heterocycles. The van der Waals surface area contributed by atoms with Crippen molar-refractivity contribution in [2.24, 2.45) is 0 Å². The summed E-state index contributed by atoms with van der Waals surface area (Å²) >= 11 is 0. The molecular weight excluding hydrogens is 206 g/mol. The highest BCUT2D eigenvalue weighted by atomic mass is 19.3. The minimum absolute atomic E-state index is 0.440. The van der Waals surface area contributed by atoms with Gasteiger partial charge in [-0.25, -0.2) is 18.6 Å². The highest BCUT2D eigenvalue weighted by Gasteiger charge is 2.28. The standard InChI is InChI=1S/C9H10F2N2O2/c10-8(11)7-6(9(14)15)12-5-3-1-2-4-13(5)7/h8H,1-4H2,(H,14,15). The van der Waals surface area contributed by atoms with Crippen molar-refractivity contribution in [3.63, 3.8) is 0 Å². The molecule has 0 atom stereocenters. The van der Waals surface area contributed by atoms with E-state index in [0.29, 0.717) is 18.8 Å². The third kappa shape index (κ3) is 1.60. The summed E-state index contributed by atoms with van der Waals surface area (Å²) in [5.41, 5.74) is -0.945. The first kappa shape index (κ1) is 10.1. The summed E-state index contributed by atoms with van der Waals surface area (Å²) in [6.45, 7) is 0.440. The molecule has 0 aromatic carbocycles. The van der Waals surface area contributed by atoms with Crippen molar-refractivity contribution in [3.05, 3.63) is 17.2 Å². The van der Waals surface area contributed by atoms with Crippen molar-refractivity contribution < 1.29 is 18.7 Å². The van der Waals surface area contributed by atoms with Crippen LogP contribution in [0.3, 0.4) is 0 Å². The minimum Gasteiger partial charge on any atom is -0.476 e. The molecule has 1 aliphatic heterocycles. The molecule has 1 N–H and O–H groups in total. The van der Waals surface area contributed by atoms with E-state index >= 15 is 0 Å². The van der Waals surface area contributed by atoms with Crippen LogP contribution in [0.4, 0.5) is 8.78 Å². The van der Waals surface area contributed by atoms with Gasteiger partial charge in [-0.05, 0) is 12.8 Å². The van der Waals surface area contributed by atoms with Gasteiger partial charge in [-0.2, -0.15) is 0 Å². The summed E-state index contributed by atoms with van der Waals surface area (Å²) in [4.78, 5) is 14.5. The molecule has 0 fully saturated rings. The second-order valence-corrected chi connectivity index (χ2v) is 3.48. The number of aryl methyl sites for hydroxylation is 1. The first-order chi connectivity index (χ1) is 7.11. The zero-order valence-electron chi connectivity index (χ0n) is 7.91. The largest absolute Gasteiger partial charge is 0.476 e. The Hall–Kier alpha value is -1.46. The lowest BCUT2D eigenvalue weighted by molar-refractivity contribution is 0.0675. The van der Waals surface area contributed by atoms with Gasteiger partial charge in [-0.1, -0.05) is 0 Å². The molecule has 0 unspecified atom stereocenters. The van der Waals surface area contributed by atoms with E-state index in [9.17, 15) is 13.6 Å². The van der Waals surface area contributed by atoms with Gasteiger partial charge >= 0.3 is 5.97 Å². The number of hydrogen-bond acceptors (Lipinski definition) is 2. The Kier molecular flexibility index (Phi) is 2.42. The van der Waals surface area contributed by atoms with Crippen LogP contribution in [0.2, 0.25) is 0 Å². The Labute approximate surface area is 84.5 Å². The summed E-state index contributed by atoms with van der Waals surface area (Å²) in [6, 6.07) is 0. The number of rotatable bonds is 2. The molecule has 0 amide bonds. The van der Waals surface area contributed by atoms with Gasteiger partial charge in [0.2, 0.25) is 0 Å². The first-order valence-electron chi connectivity index (χ1n) is 4.72. The zero-order valence-corrected chi connectivity index (χ0v) is 7.91. The van der Waals surface area contributed by atoms with Crippen molar-refractivity contribution in [3.8, 4) is 0 Å². The summed E-state index contributed by atoms with van der Waals surface area (Å²) in [5.74, 6) is -0.916. The van der Waals surface area contributed by atoms with Crippen molar-refractivity contribution >= 4 is 5.97 Å². The van der Waals surface area contributed by atoms with Gasteiger partial charge in [0.05, 0.1) is 0 Å². The molecule has 6 heteroatoms. The van der Waals surface area contributed by atoms with Crippen LogP contribution < -0.4 is 0 Å². The van der Waals surface area contributed by atoms with Gasteiger partial charge in [0.25, 0.3) is 6.43 Å². The van der Waals surface area contributed by atoms with Gasteiger partial charge in [-0.3, -0.25) is 0 Å². The molecule has 0 spiro atoms. The third-order valence-electron chi connectivity index (χ3n) is 2.53. The van der Waals surface area contributed by atoms with Crippen LogP contribution in [0.15, 0.2) is 0 Å². The number of nitrogens with zero attached hydrogens (tertiary/aromatic N) is 2. The highest BCUT2D eigenvalue weighted by molar-refractivity contribution is 5.87. The molecule has 0 aliphatic carbocycles. The van der Waals surface area contributed by atoms with Gasteiger partial charge < -0.3 is 9.67 Å². The van der Waals surface area contributed by atoms with Crippen LogP contribution in [0.5, 0.6) is 0 Å². The highest BCUT2D eigenvalue weighted by Crippen LogP contribution is 2.27. The molecule has 1 aliphatic rings. The lowest BCUT2D eigenvalue weighted by atomic mass is 10.1. The van der Waals surface area contributed by atoms with E-state index in [-0.39, 0.29) is 0 Å². The molecule has 2 heterocycles. The number of imidazole rings is 1. The van der Waals surface area contributed by atoms with E-state index in [2.05, 4.69) is 4.98 Å². The number of hydrogen-bond donors (Lipinski definition) is 1. The van der Waals surface area contributed by atoms with E-state index in [4.69, 9.17) is 5.11 Å². The van der Waals surface area contributed by atoms with Crippen molar-refractivity contribution in [1.82, 2.24) is 9.55 Å². The molecule has 0 radical (unpaired) electrons. The number of carbonyl (C=O) groups is 1. The maximum Gasteiger partial charge on any atom is 0.356 e. The van der Waals surface area contributed by atoms with Gasteiger partial charge in [0.15, 0.2) is 5.69 Å². The molecule has 15 heavy (non-hydrogen) atoms. The maximum atomic E-state index is 12.7. The zero-order chi connectivity index (χ0) is 11.0. The molecular formula is C9H10F2N2O2. The quantitative estimate of drug-likeness (QED) is 0.820. The molecule has 0 saturated carbocycles. The third-order valence-corrected chi connectivity index (χ3v) is 2.53. The van der Waals surface area contributed by atoms with Gasteiger partial charge in [0.1, 0.15) is 11.5 Å². The molecule has 2 rings (SSSR count). The average Bonchev–Trinajstić information content (AvgIpc) is 2.56. The SMILES string of the molecule is O=C(O)c1nc2n(c1C(F)F)CCCC2. The second kappa shape index (κ2) is 3.60. The molecule has 82 valence electrons. The van der Waals surface area contributed by atoms with Crippen LogP contribution in [-0.2, 0) is 13.0 Å². The van der Waals surface area contributed by atoms with Crippen LogP contribution in [0.25, 0.3) is 0 Å². The van der Waals surface area contributed by atoms with Crippen LogP contribution in [0, 0.1) is 0 Å². The Morgan fingerprint density at radius 2 is 2.20 bits per heavy atom. The van der Waals surface area contributed by atoms with E-state index in [1.807, 2.05) is 0 Å². The smallest absolute Gasteiger partial charge is 0.356 e. The monoisotopic (exact) mass is 216 g/mol. The van der Waals surface area contributed by atoms with Crippen LogP contribution in [-0.4, -0.2) is 20.6 Å². The lowest BCUT2D eigenvalue weighted by Gasteiger charge is -2.15. The average molecular weight is 216 g/mol. The summed E-state index contributed by atoms with van der Waals surface area (Å²) in [6.07, 6.45) is -0.538. The van der Waals surface area contributed by atoms with Gasteiger partial charge in [0, 0.05) is 13.0 Å². The number of aromatic carboxylic acids is 1. The van der Waals surface area contributed by atoms with E-state index < -0.39 is 23.8 Å². The Bertz CT molecular complexity index is 401. The van der Waals surface area contributed by atoms with Crippen LogP contribution >= 0.6 is 0 Å². The summed E-state index contributed by atoms with van der Waals surface area (Å²) in [7, 11) is 0. The number of fused-ring (bicyclic) bond motifs is 1. The Morgan fingerprint density at radius 1 is 1.47 bits per heavy atom. The molecule has 0 bridgehead atoms. The van der Waals surface area contributed by atoms with E-state index in [0.717, 1.165) is 12.8 Å². The number of carboxylic acids is 1. The fraction of sp³-hybridized carbons (Fsp3) is 0.556. The van der Waals surface area contributed by atoms with Crippen molar-refractivity contribution in [2.75, 3.05) is 0 Å². The molecule has 0 saturated heterocycles. The van der Waals surface area contributed by atoms with E-state index in [1.165, 1.54) is 4.57 Å². The fourth-order valence-electron chi connectivity index (χ4n) is 1.89. The minimum atomic E-state index is -2.78. The molecule has 1 aromatic rings. The number of alkyl halides is 2. The summed E-state index contributed by atoms with van der Waals surface area (Å²) in [5, 5.41) is 8.75. The first-order valence-corrected chi connectivity index (χ1v) is 4.72. The lowest BCUT2D eigenvalue weighted by Crippen LogP contribution is -2.13. The van der Waals surface area contributed by atoms with Crippen LogP contribution in [0.1, 0.15) is 41.3 Å². The normalized spacial score (nSPS) is 15.4. The van der Waals surface area contributed by atoms with E-state index in [1.54, 1.807) is 0 Å². The van der Waals surface area contributed by atoms with Crippen molar-refractivity contribution in [2.45, 2.75) is 32.2 Å². The maximum absolute atomic E-state index is 12.7. The number of aromatic nitrogens is 2. The number of halogens is 2. The topological polar surface area (TPSA) is 55.1 Å². The predicted octanol–water partition coefficient (Wildman–Crippen LogP) is 1.86. The second-order valence-electron chi connectivity index (χ2n) is 3.48. The Morgan fingerprint density at radius 3 is 2.80 bits per heavy atom. The Balaban J connectivity index is 2.56. The van der Waals surface area contributed by atoms with Crippen molar-refractivity contribution in [1.29, 1.82) is 0 Å². The van der Waals surface area contributed by atoms with Gasteiger partial charge in [-0.15, -0.1) is 0 Å². The fourth-order valence-corrected chi connectivity index (χ4v) is 1.89. The number of carboxylic acid groups (broad SMARTS) is 1. The molecule has 4 nitrogen and oxygen atoms in total. The summed E-state index contributed by atoms with van der Waals surface area (Å²) < 4.78 is 26.7. The predicted molar refractivity (Wildman–Crippen MR) is 47.1 cm³/mol.